The second kappa shape index (κ2) is 26.6. The smallest absolute Gasteiger partial charge is 0.407 e. The van der Waals surface area contributed by atoms with Gasteiger partial charge >= 0.3 is 12.1 Å². The molecule has 3 N–H and O–H groups in total. The second-order valence-corrected chi connectivity index (χ2v) is 19.4. The van der Waals surface area contributed by atoms with Gasteiger partial charge < -0.3 is 20.1 Å². The van der Waals surface area contributed by atoms with Gasteiger partial charge in [-0.2, -0.15) is 11.8 Å². The minimum atomic E-state index is -0.969. The summed E-state index contributed by atoms with van der Waals surface area (Å²) in [7, 11) is 1.33. The number of hydrogen-bond donors (Lipinski definition) is 3. The first-order valence-electron chi connectivity index (χ1n) is 24.5. The number of carbonyl (C=O) groups is 3. The maximum absolute atomic E-state index is 14.3. The number of benzene rings is 5. The molecule has 0 aromatic heterocycles. The van der Waals surface area contributed by atoms with Gasteiger partial charge in [0.25, 0.3) is 0 Å². The van der Waals surface area contributed by atoms with Crippen LogP contribution in [0.4, 0.5) is 4.79 Å². The van der Waals surface area contributed by atoms with E-state index in [1.165, 1.54) is 29.4 Å². The van der Waals surface area contributed by atoms with Crippen molar-refractivity contribution in [3.63, 3.8) is 0 Å². The van der Waals surface area contributed by atoms with Crippen LogP contribution in [0, 0.1) is 6.92 Å². The molecule has 0 heterocycles. The van der Waals surface area contributed by atoms with Crippen LogP contribution in [-0.4, -0.2) is 61.8 Å². The first-order chi connectivity index (χ1) is 33.5. The fourth-order valence-corrected chi connectivity index (χ4v) is 10.1. The number of ether oxygens (including phenoxy) is 2. The van der Waals surface area contributed by atoms with Crippen LogP contribution in [0.5, 0.6) is 0 Å². The van der Waals surface area contributed by atoms with Gasteiger partial charge in [-0.1, -0.05) is 174 Å². The predicted molar refractivity (Wildman–Crippen MR) is 284 cm³/mol. The minimum absolute atomic E-state index is 0.110. The van der Waals surface area contributed by atoms with E-state index in [2.05, 4.69) is 166 Å². The van der Waals surface area contributed by atoms with Crippen LogP contribution in [0.3, 0.4) is 0 Å². The Hall–Kier alpha value is -6.16. The standard InChI is InChI=1S/C60H71N3O5S/c1-43(2)21-19-22-44(3)23-20-24-45(4)38-40-69-42-56(58(65)67-6)62-57(64)55(63-59(66)68-41-54-52-31-15-13-29-50(52)51-30-14-16-32-53(51)54)33-17-18-39-61-60(47-25-9-7-10-26-47,48-27-11-8-12-28-48)49-36-34-46(5)35-37-49/h7-16,21,23,25-32,34-38,54-56,61H,17-20,22,24,33,39-42H2,1-6H3,(H,62,64)(H,63,66)/b44-23+,45-38+/t55-,56-/m0/s1. The summed E-state index contributed by atoms with van der Waals surface area (Å²) in [6.07, 6.45) is 11.8. The van der Waals surface area contributed by atoms with Gasteiger partial charge in [0, 0.05) is 17.4 Å². The Kier molecular flexibility index (Phi) is 20.1. The Labute approximate surface area is 415 Å². The van der Waals surface area contributed by atoms with E-state index < -0.39 is 35.6 Å². The number of amides is 2. The van der Waals surface area contributed by atoms with Gasteiger partial charge in [0.2, 0.25) is 5.91 Å². The number of rotatable bonds is 25. The lowest BCUT2D eigenvalue weighted by atomic mass is 9.76. The number of carbonyl (C=O) groups excluding carboxylic acids is 3. The Balaban J connectivity index is 1.13. The Morgan fingerprint density at radius 2 is 1.20 bits per heavy atom. The third-order valence-corrected chi connectivity index (χ3v) is 13.9. The van der Waals surface area contributed by atoms with Crippen molar-refractivity contribution >= 4 is 29.7 Å². The zero-order valence-corrected chi connectivity index (χ0v) is 42.2. The molecule has 9 heteroatoms. The second-order valence-electron chi connectivity index (χ2n) is 18.4. The molecule has 0 unspecified atom stereocenters. The largest absolute Gasteiger partial charge is 0.467 e. The quantitative estimate of drug-likeness (QED) is 0.0232. The first-order valence-corrected chi connectivity index (χ1v) is 25.6. The van der Waals surface area contributed by atoms with Crippen LogP contribution >= 0.6 is 11.8 Å². The van der Waals surface area contributed by atoms with Gasteiger partial charge in [-0.3, -0.25) is 10.1 Å². The summed E-state index contributed by atoms with van der Waals surface area (Å²) >= 11 is 1.55. The maximum atomic E-state index is 14.3. The van der Waals surface area contributed by atoms with E-state index in [4.69, 9.17) is 9.47 Å². The highest BCUT2D eigenvalue weighted by Crippen LogP contribution is 2.44. The molecule has 8 nitrogen and oxygen atoms in total. The third-order valence-electron chi connectivity index (χ3n) is 12.9. The van der Waals surface area contributed by atoms with E-state index in [1.807, 2.05) is 36.4 Å². The molecular weight excluding hydrogens is 875 g/mol. The SMILES string of the molecule is COC(=O)[C@H](CSC/C=C(\C)CC/C=C(\C)CCC=C(C)C)NC(=O)[C@H](CCCCNC(c1ccccc1)(c1ccccc1)c1ccc(C)cc1)NC(=O)OCC1c2ccccc2-c2ccccc21. The molecule has 6 rings (SSSR count). The Morgan fingerprint density at radius 3 is 1.80 bits per heavy atom. The van der Waals surface area contributed by atoms with Gasteiger partial charge in [0.05, 0.1) is 12.6 Å². The molecular formula is C60H71N3O5S. The fraction of sp³-hybridized carbons (Fsp3) is 0.350. The van der Waals surface area contributed by atoms with Crippen LogP contribution in [0.1, 0.15) is 112 Å². The van der Waals surface area contributed by atoms with Gasteiger partial charge in [-0.15, -0.1) is 0 Å². The predicted octanol–water partition coefficient (Wildman–Crippen LogP) is 12.8. The number of alkyl carbamates (subject to hydrolysis) is 1. The molecule has 0 saturated heterocycles. The molecule has 5 aromatic carbocycles. The summed E-state index contributed by atoms with van der Waals surface area (Å²) in [6.45, 7) is 11.4. The van der Waals surface area contributed by atoms with Crippen LogP contribution in [-0.2, 0) is 24.6 Å². The topological polar surface area (TPSA) is 106 Å². The van der Waals surface area contributed by atoms with Crippen molar-refractivity contribution in [2.75, 3.05) is 31.8 Å². The number of esters is 1. The monoisotopic (exact) mass is 946 g/mol. The van der Waals surface area contributed by atoms with Crippen molar-refractivity contribution in [3.8, 4) is 11.1 Å². The van der Waals surface area contributed by atoms with E-state index in [0.29, 0.717) is 37.3 Å². The highest BCUT2D eigenvalue weighted by molar-refractivity contribution is 7.99. The number of unbranched alkanes of at least 4 members (excludes halogenated alkanes) is 1. The maximum Gasteiger partial charge on any atom is 0.407 e. The summed E-state index contributed by atoms with van der Waals surface area (Å²) in [5, 5.41) is 9.78. The lowest BCUT2D eigenvalue weighted by molar-refractivity contribution is -0.144. The van der Waals surface area contributed by atoms with Gasteiger partial charge in [-0.05, 0) is 125 Å². The average molecular weight is 946 g/mol. The molecule has 0 spiro atoms. The van der Waals surface area contributed by atoms with Gasteiger partial charge in [0.1, 0.15) is 18.7 Å². The number of thioether (sulfide) groups is 1. The van der Waals surface area contributed by atoms with Crippen LogP contribution in [0.25, 0.3) is 11.1 Å². The Morgan fingerprint density at radius 1 is 0.652 bits per heavy atom. The molecule has 1 aliphatic rings. The van der Waals surface area contributed by atoms with Crippen LogP contribution < -0.4 is 16.0 Å². The first kappa shape index (κ1) is 52.2. The lowest BCUT2D eigenvalue weighted by Crippen LogP contribution is -2.52. The third kappa shape index (κ3) is 14.7. The van der Waals surface area contributed by atoms with E-state index >= 15 is 0 Å². The molecule has 69 heavy (non-hydrogen) atoms. The molecule has 2 atom stereocenters. The van der Waals surface area contributed by atoms with Gasteiger partial charge in [0.15, 0.2) is 0 Å². The zero-order chi connectivity index (χ0) is 49.0. The van der Waals surface area contributed by atoms with Crippen molar-refractivity contribution < 1.29 is 23.9 Å². The summed E-state index contributed by atoms with van der Waals surface area (Å²) < 4.78 is 11.1. The Bertz CT molecular complexity index is 2450. The molecule has 2 amide bonds. The van der Waals surface area contributed by atoms with E-state index in [-0.39, 0.29) is 12.5 Å². The van der Waals surface area contributed by atoms with Crippen molar-refractivity contribution in [1.82, 2.24) is 16.0 Å². The molecule has 0 bridgehead atoms. The van der Waals surface area contributed by atoms with Crippen LogP contribution in [0.2, 0.25) is 0 Å². The molecule has 0 aliphatic heterocycles. The molecule has 1 aliphatic carbocycles. The molecule has 0 fully saturated rings. The highest BCUT2D eigenvalue weighted by atomic mass is 32.2. The minimum Gasteiger partial charge on any atom is -0.467 e. The lowest BCUT2D eigenvalue weighted by Gasteiger charge is -2.37. The number of allylic oxidation sites excluding steroid dienone is 5. The molecule has 362 valence electrons. The van der Waals surface area contributed by atoms with Crippen LogP contribution in [0.15, 0.2) is 168 Å². The average Bonchev–Trinajstić information content (AvgIpc) is 3.68. The molecule has 5 aromatic rings. The van der Waals surface area contributed by atoms with Crippen molar-refractivity contribution in [3.05, 3.63) is 202 Å². The van der Waals surface area contributed by atoms with Crippen molar-refractivity contribution in [2.45, 2.75) is 103 Å². The highest BCUT2D eigenvalue weighted by Gasteiger charge is 2.36. The zero-order valence-electron chi connectivity index (χ0n) is 41.4. The summed E-state index contributed by atoms with van der Waals surface area (Å²) in [5.74, 6) is -0.144. The number of aryl methyl sites for hydroxylation is 1. The number of fused-ring (bicyclic) bond motifs is 3. The summed E-state index contributed by atoms with van der Waals surface area (Å²) in [5.41, 5.74) is 12.4. The summed E-state index contributed by atoms with van der Waals surface area (Å²) in [4.78, 5) is 41.2. The van der Waals surface area contributed by atoms with Crippen molar-refractivity contribution in [2.24, 2.45) is 0 Å². The number of hydrogen-bond acceptors (Lipinski definition) is 7. The fourth-order valence-electron chi connectivity index (χ4n) is 9.10. The van der Waals surface area contributed by atoms with E-state index in [9.17, 15) is 14.4 Å². The molecule has 0 radical (unpaired) electrons. The van der Waals surface area contributed by atoms with Crippen molar-refractivity contribution in [1.29, 1.82) is 0 Å². The summed E-state index contributed by atoms with van der Waals surface area (Å²) in [6, 6.07) is 44.1. The normalized spacial score (nSPS) is 13.4. The number of methoxy groups -OCH3 is 1. The number of nitrogens with one attached hydrogen (secondary N) is 3. The van der Waals surface area contributed by atoms with Gasteiger partial charge in [-0.25, -0.2) is 9.59 Å². The van der Waals surface area contributed by atoms with E-state index in [1.54, 1.807) is 11.8 Å². The van der Waals surface area contributed by atoms with E-state index in [0.717, 1.165) is 64.6 Å². The molecule has 0 saturated carbocycles.